The number of nitrogens with one attached hydrogen (secondary N) is 3. The van der Waals surface area contributed by atoms with Crippen LogP contribution in [-0.2, 0) is 16.0 Å². The second kappa shape index (κ2) is 15.7. The Morgan fingerprint density at radius 3 is 2.36 bits per heavy atom. The highest BCUT2D eigenvalue weighted by Gasteiger charge is 2.33. The first kappa shape index (κ1) is 33.9. The van der Waals surface area contributed by atoms with E-state index in [4.69, 9.17) is 16.9 Å². The lowest BCUT2D eigenvalue weighted by Crippen LogP contribution is -2.50. The van der Waals surface area contributed by atoms with Crippen molar-refractivity contribution in [3.63, 3.8) is 0 Å². The molecule has 9 heteroatoms. The highest BCUT2D eigenvalue weighted by atomic mass is 32.2. The molecule has 7 N–H and O–H groups in total. The molecule has 2 amide bonds. The maximum atomic E-state index is 14.1. The van der Waals surface area contributed by atoms with E-state index in [2.05, 4.69) is 57.7 Å². The van der Waals surface area contributed by atoms with Gasteiger partial charge < -0.3 is 21.7 Å². The second-order valence-corrected chi connectivity index (χ2v) is 13.5. The zero-order valence-corrected chi connectivity index (χ0v) is 27.2. The molecule has 1 heterocycles. The van der Waals surface area contributed by atoms with Crippen molar-refractivity contribution >= 4 is 29.6 Å². The molecule has 3 rings (SSSR count). The fourth-order valence-electron chi connectivity index (χ4n) is 5.74. The number of allylic oxidation sites excluding steroid dienone is 3. The Labute approximate surface area is 257 Å². The van der Waals surface area contributed by atoms with Crippen LogP contribution in [0.5, 0.6) is 0 Å². The minimum absolute atomic E-state index is 0.0115. The molecule has 0 radical (unpaired) electrons. The molecule has 0 bridgehead atoms. The summed E-state index contributed by atoms with van der Waals surface area (Å²) in [5.41, 5.74) is 15.7. The summed E-state index contributed by atoms with van der Waals surface area (Å²) in [6, 6.07) is 7.11. The van der Waals surface area contributed by atoms with Crippen LogP contribution in [0.25, 0.3) is 0 Å². The van der Waals surface area contributed by atoms with Crippen LogP contribution in [0.15, 0.2) is 46.4 Å². The van der Waals surface area contributed by atoms with Gasteiger partial charge in [-0.25, -0.2) is 4.72 Å². The summed E-state index contributed by atoms with van der Waals surface area (Å²) >= 11 is 1.60. The van der Waals surface area contributed by atoms with E-state index in [0.717, 1.165) is 12.0 Å². The number of amides is 2. The molecule has 2 aliphatic rings. The van der Waals surface area contributed by atoms with Gasteiger partial charge in [0.1, 0.15) is 11.9 Å². The average molecular weight is 597 g/mol. The first-order valence-electron chi connectivity index (χ1n) is 15.5. The van der Waals surface area contributed by atoms with E-state index in [9.17, 15) is 9.59 Å². The van der Waals surface area contributed by atoms with Crippen LogP contribution >= 0.6 is 11.9 Å². The first-order valence-corrected chi connectivity index (χ1v) is 16.3. The molecule has 1 aliphatic heterocycles. The topological polar surface area (TPSA) is 137 Å². The molecule has 232 valence electrons. The zero-order valence-electron chi connectivity index (χ0n) is 26.3. The molecule has 1 saturated heterocycles. The maximum Gasteiger partial charge on any atom is 0.240 e. The molecule has 1 aliphatic carbocycles. The van der Waals surface area contributed by atoms with Crippen LogP contribution < -0.4 is 21.5 Å². The largest absolute Gasteiger partial charge is 0.384 e. The standard InChI is InChI=1S/C33H52N6O2S/c1-20(2)26-18-27(21(3)4)30(28(19-26)22(5)6)42-38-29(17-23-8-7-9-25(16-23)31(35)36)33(41)39-14-10-24(11-15-39)32(40)37-13-12-34/h7-9,16,18,20-22,24,26,29,38H,10-15,17,19,34H2,1-6H3,(H3,35,36)(H,37,40)/t26?,29-/m0/s1. The van der Waals surface area contributed by atoms with Gasteiger partial charge in [-0.05, 0) is 78.5 Å². The van der Waals surface area contributed by atoms with Gasteiger partial charge in [-0.3, -0.25) is 15.0 Å². The molecular formula is C33H52N6O2S. The summed E-state index contributed by atoms with van der Waals surface area (Å²) in [5.74, 6) is 1.83. The number of amidine groups is 1. The Balaban J connectivity index is 1.85. The first-order chi connectivity index (χ1) is 19.9. The number of likely N-dealkylation sites (tertiary alicyclic amines) is 1. The zero-order chi connectivity index (χ0) is 31.0. The minimum atomic E-state index is -0.475. The van der Waals surface area contributed by atoms with E-state index in [1.807, 2.05) is 29.2 Å². The smallest absolute Gasteiger partial charge is 0.240 e. The fraction of sp³-hybridized carbons (Fsp3) is 0.606. The summed E-state index contributed by atoms with van der Waals surface area (Å²) in [6.45, 7) is 15.6. The average Bonchev–Trinajstić information content (AvgIpc) is 2.97. The van der Waals surface area contributed by atoms with Crippen LogP contribution in [0.4, 0.5) is 0 Å². The van der Waals surface area contributed by atoms with Crippen molar-refractivity contribution in [2.75, 3.05) is 26.2 Å². The number of nitrogens with zero attached hydrogens (tertiary/aromatic N) is 1. The van der Waals surface area contributed by atoms with Gasteiger partial charge in [0, 0.05) is 42.6 Å². The lowest BCUT2D eigenvalue weighted by atomic mass is 9.78. The van der Waals surface area contributed by atoms with Crippen LogP contribution in [0.2, 0.25) is 0 Å². The number of rotatable bonds is 13. The van der Waals surface area contributed by atoms with Gasteiger partial charge in [-0.1, -0.05) is 71.4 Å². The van der Waals surface area contributed by atoms with Crippen molar-refractivity contribution < 1.29 is 9.59 Å². The molecule has 1 aromatic carbocycles. The second-order valence-electron chi connectivity index (χ2n) is 12.7. The fourth-order valence-corrected chi connectivity index (χ4v) is 7.05. The monoisotopic (exact) mass is 596 g/mol. The summed E-state index contributed by atoms with van der Waals surface area (Å²) < 4.78 is 3.61. The molecule has 0 aromatic heterocycles. The number of nitrogens with two attached hydrogens (primary N) is 2. The van der Waals surface area contributed by atoms with Crippen molar-refractivity contribution in [1.29, 1.82) is 5.41 Å². The van der Waals surface area contributed by atoms with E-state index in [-0.39, 0.29) is 23.6 Å². The van der Waals surface area contributed by atoms with Crippen molar-refractivity contribution in [3.05, 3.63) is 57.5 Å². The van der Waals surface area contributed by atoms with E-state index >= 15 is 0 Å². The van der Waals surface area contributed by atoms with E-state index in [1.165, 1.54) is 16.1 Å². The van der Waals surface area contributed by atoms with E-state index in [1.54, 1.807) is 11.9 Å². The van der Waals surface area contributed by atoms with Crippen LogP contribution in [-0.4, -0.2) is 54.8 Å². The predicted molar refractivity (Wildman–Crippen MR) is 175 cm³/mol. The van der Waals surface area contributed by atoms with Crippen LogP contribution in [0.3, 0.4) is 0 Å². The van der Waals surface area contributed by atoms with Crippen molar-refractivity contribution in [2.45, 2.75) is 73.3 Å². The maximum absolute atomic E-state index is 14.1. The Morgan fingerprint density at radius 2 is 1.79 bits per heavy atom. The molecule has 1 aromatic rings. The number of piperidine rings is 1. The number of nitrogen functional groups attached to an aromatic ring is 1. The Bertz CT molecular complexity index is 1170. The van der Waals surface area contributed by atoms with Crippen LogP contribution in [0.1, 0.15) is 71.9 Å². The third kappa shape index (κ3) is 8.94. The lowest BCUT2D eigenvalue weighted by molar-refractivity contribution is -0.136. The van der Waals surface area contributed by atoms with E-state index in [0.29, 0.717) is 74.7 Å². The summed E-state index contributed by atoms with van der Waals surface area (Å²) in [7, 11) is 0. The van der Waals surface area contributed by atoms with Gasteiger partial charge in [0.05, 0.1) is 0 Å². The van der Waals surface area contributed by atoms with Crippen molar-refractivity contribution in [2.24, 2.45) is 41.1 Å². The molecule has 1 fully saturated rings. The molecule has 42 heavy (non-hydrogen) atoms. The van der Waals surface area contributed by atoms with Crippen molar-refractivity contribution in [1.82, 2.24) is 14.9 Å². The Kier molecular flexibility index (Phi) is 12.7. The van der Waals surface area contributed by atoms with Gasteiger partial charge in [-0.15, -0.1) is 0 Å². The summed E-state index contributed by atoms with van der Waals surface area (Å²) in [4.78, 5) is 29.7. The number of hydrogen-bond donors (Lipinski definition) is 5. The van der Waals surface area contributed by atoms with Crippen LogP contribution in [0, 0.1) is 35.0 Å². The number of carbonyl (C=O) groups is 2. The van der Waals surface area contributed by atoms with Gasteiger partial charge in [0.15, 0.2) is 0 Å². The molecule has 0 saturated carbocycles. The highest BCUT2D eigenvalue weighted by Crippen LogP contribution is 2.43. The summed E-state index contributed by atoms with van der Waals surface area (Å²) in [5, 5.41) is 10.8. The quantitative estimate of drug-likeness (QED) is 0.128. The SMILES string of the molecule is CC(C)C1=CC(C(C)C)CC(C(C)C)=C1SN[C@@H](Cc1cccc(C(=N)N)c1)C(=O)N1CCC(C(=O)NCCN)CC1. The lowest BCUT2D eigenvalue weighted by Gasteiger charge is -2.35. The molecule has 0 spiro atoms. The molecule has 8 nitrogen and oxygen atoms in total. The number of carbonyl (C=O) groups excluding carboxylic acids is 2. The number of hydrogen-bond acceptors (Lipinski definition) is 6. The molecule has 1 unspecified atom stereocenters. The van der Waals surface area contributed by atoms with Gasteiger partial charge in [-0.2, -0.15) is 0 Å². The normalized spacial score (nSPS) is 19.0. The van der Waals surface area contributed by atoms with Gasteiger partial charge >= 0.3 is 0 Å². The Hall–Kier alpha value is -2.62. The molecular weight excluding hydrogens is 544 g/mol. The Morgan fingerprint density at radius 1 is 1.10 bits per heavy atom. The van der Waals surface area contributed by atoms with E-state index < -0.39 is 6.04 Å². The third-order valence-electron chi connectivity index (χ3n) is 8.48. The number of benzene rings is 1. The third-order valence-corrected chi connectivity index (χ3v) is 9.58. The molecule has 2 atom stereocenters. The van der Waals surface area contributed by atoms with Gasteiger partial charge in [0.25, 0.3) is 0 Å². The summed E-state index contributed by atoms with van der Waals surface area (Å²) in [6.07, 6.45) is 5.25. The van der Waals surface area contributed by atoms with Crippen molar-refractivity contribution in [3.8, 4) is 0 Å². The van der Waals surface area contributed by atoms with Gasteiger partial charge in [0.2, 0.25) is 11.8 Å². The highest BCUT2D eigenvalue weighted by molar-refractivity contribution is 8.01. The predicted octanol–water partition coefficient (Wildman–Crippen LogP) is 4.60. The minimum Gasteiger partial charge on any atom is -0.384 e.